The van der Waals surface area contributed by atoms with E-state index in [0.29, 0.717) is 12.5 Å². The van der Waals surface area contributed by atoms with Crippen LogP contribution in [0.25, 0.3) is 0 Å². The van der Waals surface area contributed by atoms with Crippen LogP contribution >= 0.6 is 0 Å². The van der Waals surface area contributed by atoms with Gasteiger partial charge in [0.25, 0.3) is 0 Å². The minimum atomic E-state index is 0.0104. The van der Waals surface area contributed by atoms with Gasteiger partial charge in [0.2, 0.25) is 5.88 Å². The van der Waals surface area contributed by atoms with Crippen LogP contribution in [0.15, 0.2) is 24.3 Å². The lowest BCUT2D eigenvalue weighted by molar-refractivity contribution is 0.343. The lowest BCUT2D eigenvalue weighted by Gasteiger charge is -2.23. The summed E-state index contributed by atoms with van der Waals surface area (Å²) in [5, 5.41) is 3.51. The van der Waals surface area contributed by atoms with Crippen molar-refractivity contribution in [3.05, 3.63) is 35.5 Å². The minimum Gasteiger partial charge on any atom is -0.473 e. The van der Waals surface area contributed by atoms with Gasteiger partial charge in [-0.3, -0.25) is 0 Å². The van der Waals surface area contributed by atoms with Gasteiger partial charge in [-0.2, -0.15) is 0 Å². The minimum absolute atomic E-state index is 0.0104. The molecule has 0 spiro atoms. The fraction of sp³-hybridized carbons (Fsp3) is 0.611. The number of pyridine rings is 1. The van der Waals surface area contributed by atoms with Gasteiger partial charge in [-0.15, -0.1) is 0 Å². The van der Waals surface area contributed by atoms with Crippen molar-refractivity contribution in [1.29, 1.82) is 0 Å². The second kappa shape index (κ2) is 7.08. The van der Waals surface area contributed by atoms with Crippen LogP contribution in [-0.2, 0) is 12.0 Å². The smallest absolute Gasteiger partial charge is 0.214 e. The second-order valence-corrected chi connectivity index (χ2v) is 7.43. The molecule has 0 aliphatic rings. The van der Waals surface area contributed by atoms with Crippen LogP contribution in [0.3, 0.4) is 0 Å². The molecule has 21 heavy (non-hydrogen) atoms. The van der Waals surface area contributed by atoms with Crippen LogP contribution in [0.1, 0.15) is 59.7 Å². The zero-order valence-corrected chi connectivity index (χ0v) is 14.6. The molecule has 3 nitrogen and oxygen atoms in total. The molecule has 118 valence electrons. The van der Waals surface area contributed by atoms with Crippen LogP contribution in [0, 0.1) is 0 Å². The lowest BCUT2D eigenvalue weighted by atomic mass is 9.90. The van der Waals surface area contributed by atoms with E-state index in [0.717, 1.165) is 12.2 Å². The molecule has 1 aromatic heterocycles. The normalized spacial score (nSPS) is 12.9. The van der Waals surface area contributed by atoms with E-state index in [1.54, 1.807) is 0 Å². The quantitative estimate of drug-likeness (QED) is 0.824. The molecule has 1 rings (SSSR count). The molecule has 0 aromatic carbocycles. The highest BCUT2D eigenvalue weighted by molar-refractivity contribution is 5.28. The summed E-state index contributed by atoms with van der Waals surface area (Å²) in [6.45, 7) is 16.4. The van der Waals surface area contributed by atoms with E-state index in [-0.39, 0.29) is 11.0 Å². The van der Waals surface area contributed by atoms with Crippen molar-refractivity contribution >= 4 is 0 Å². The number of allylic oxidation sites excluding steroid dienone is 1. The first-order valence-electron chi connectivity index (χ1n) is 7.62. The van der Waals surface area contributed by atoms with Crippen LogP contribution in [0.2, 0.25) is 0 Å². The molecule has 0 atom stereocenters. The van der Waals surface area contributed by atoms with E-state index in [4.69, 9.17) is 4.74 Å². The molecule has 0 unspecified atom stereocenters. The van der Waals surface area contributed by atoms with Crippen LogP contribution in [0.5, 0.6) is 5.88 Å². The number of hydrogen-bond acceptors (Lipinski definition) is 3. The maximum absolute atomic E-state index is 5.73. The number of nitrogens with zero attached hydrogens (tertiary/aromatic N) is 1. The molecule has 0 saturated heterocycles. The third-order valence-electron chi connectivity index (χ3n) is 3.02. The third kappa shape index (κ3) is 6.76. The van der Waals surface area contributed by atoms with E-state index in [1.807, 2.05) is 25.1 Å². The van der Waals surface area contributed by atoms with E-state index in [1.165, 1.54) is 5.56 Å². The maximum Gasteiger partial charge on any atom is 0.214 e. The highest BCUT2D eigenvalue weighted by Gasteiger charge is 2.18. The van der Waals surface area contributed by atoms with Gasteiger partial charge in [-0.05, 0) is 39.3 Å². The first kappa shape index (κ1) is 17.7. The van der Waals surface area contributed by atoms with Crippen molar-refractivity contribution < 1.29 is 4.74 Å². The van der Waals surface area contributed by atoms with Gasteiger partial charge >= 0.3 is 0 Å². The van der Waals surface area contributed by atoms with Gasteiger partial charge in [0.1, 0.15) is 6.61 Å². The molecule has 1 aromatic rings. The molecule has 0 aliphatic heterocycles. The number of rotatable bonds is 5. The summed E-state index contributed by atoms with van der Waals surface area (Å²) < 4.78 is 5.73. The molecule has 0 radical (unpaired) electrons. The third-order valence-corrected chi connectivity index (χ3v) is 3.02. The molecule has 0 aliphatic carbocycles. The van der Waals surface area contributed by atoms with Crippen molar-refractivity contribution in [2.75, 3.05) is 6.61 Å². The lowest BCUT2D eigenvalue weighted by Crippen LogP contribution is -2.35. The monoisotopic (exact) mass is 290 g/mol. The Kier molecular flexibility index (Phi) is 5.97. The highest BCUT2D eigenvalue weighted by Crippen LogP contribution is 2.24. The van der Waals surface area contributed by atoms with Gasteiger partial charge in [-0.25, -0.2) is 4.98 Å². The van der Waals surface area contributed by atoms with Crippen LogP contribution < -0.4 is 10.1 Å². The summed E-state index contributed by atoms with van der Waals surface area (Å²) in [6.07, 6.45) is 3.97. The Bertz CT molecular complexity index is 479. The summed E-state index contributed by atoms with van der Waals surface area (Å²) >= 11 is 0. The van der Waals surface area contributed by atoms with Gasteiger partial charge in [0, 0.05) is 23.6 Å². The first-order chi connectivity index (χ1) is 9.62. The van der Waals surface area contributed by atoms with Gasteiger partial charge in [0.15, 0.2) is 0 Å². The van der Waals surface area contributed by atoms with Gasteiger partial charge in [0.05, 0.1) is 5.69 Å². The first-order valence-corrected chi connectivity index (χ1v) is 7.62. The Balaban J connectivity index is 2.97. The summed E-state index contributed by atoms with van der Waals surface area (Å²) in [6, 6.07) is 4.19. The topological polar surface area (TPSA) is 34.1 Å². The Labute approximate surface area is 129 Å². The van der Waals surface area contributed by atoms with Crippen molar-refractivity contribution in [3.8, 4) is 5.88 Å². The number of nitrogens with one attached hydrogen (secondary N) is 1. The summed E-state index contributed by atoms with van der Waals surface area (Å²) in [4.78, 5) is 4.64. The summed E-state index contributed by atoms with van der Waals surface area (Å²) in [5.74, 6) is 0.700. The average molecular weight is 290 g/mol. The van der Waals surface area contributed by atoms with E-state index < -0.39 is 0 Å². The Morgan fingerprint density at radius 3 is 2.33 bits per heavy atom. The fourth-order valence-electron chi connectivity index (χ4n) is 1.72. The maximum atomic E-state index is 5.73. The predicted molar refractivity (Wildman–Crippen MR) is 89.8 cm³/mol. The molecular formula is C18H30N2O. The number of ether oxygens (including phenoxy) is 1. The second-order valence-electron chi connectivity index (χ2n) is 7.43. The van der Waals surface area contributed by atoms with Crippen molar-refractivity contribution in [3.63, 3.8) is 0 Å². The van der Waals surface area contributed by atoms with E-state index in [9.17, 15) is 0 Å². The van der Waals surface area contributed by atoms with Crippen LogP contribution in [0.4, 0.5) is 0 Å². The molecule has 1 N–H and O–H groups in total. The SMILES string of the molecule is C/C=C/COc1cc(CNC(C)(C)C)cc(C(C)(C)C)n1. The molecule has 1 heterocycles. The zero-order valence-electron chi connectivity index (χ0n) is 14.6. The Hall–Kier alpha value is -1.35. The number of hydrogen-bond donors (Lipinski definition) is 1. The standard InChI is InChI=1S/C18H30N2O/c1-8-9-10-21-16-12-14(13-19-18(5,6)7)11-15(20-16)17(2,3)4/h8-9,11-12,19H,10,13H2,1-7H3/b9-8+. The van der Waals surface area contributed by atoms with Crippen molar-refractivity contribution in [1.82, 2.24) is 10.3 Å². The van der Waals surface area contributed by atoms with Crippen molar-refractivity contribution in [2.45, 2.75) is 66.0 Å². The van der Waals surface area contributed by atoms with Crippen molar-refractivity contribution in [2.24, 2.45) is 0 Å². The fourth-order valence-corrected chi connectivity index (χ4v) is 1.72. The molecule has 0 bridgehead atoms. The van der Waals surface area contributed by atoms with Gasteiger partial charge < -0.3 is 10.1 Å². The zero-order chi connectivity index (χ0) is 16.1. The molecule has 3 heteroatoms. The molecule has 0 fully saturated rings. The average Bonchev–Trinajstić information content (AvgIpc) is 2.35. The predicted octanol–water partition coefficient (Wildman–Crippen LogP) is 4.22. The Morgan fingerprint density at radius 1 is 1.14 bits per heavy atom. The number of aromatic nitrogens is 1. The molecular weight excluding hydrogens is 260 g/mol. The summed E-state index contributed by atoms with van der Waals surface area (Å²) in [5.41, 5.74) is 2.37. The van der Waals surface area contributed by atoms with E-state index >= 15 is 0 Å². The van der Waals surface area contributed by atoms with E-state index in [2.05, 4.69) is 57.9 Å². The molecule has 0 saturated carbocycles. The largest absolute Gasteiger partial charge is 0.473 e. The van der Waals surface area contributed by atoms with Crippen LogP contribution in [-0.4, -0.2) is 17.1 Å². The Morgan fingerprint density at radius 2 is 1.81 bits per heavy atom. The highest BCUT2D eigenvalue weighted by atomic mass is 16.5. The summed E-state index contributed by atoms with van der Waals surface area (Å²) in [7, 11) is 0. The molecule has 0 amide bonds. The van der Waals surface area contributed by atoms with Gasteiger partial charge in [-0.1, -0.05) is 32.9 Å².